The minimum Gasteiger partial charge on any atom is -0.360 e. The van der Waals surface area contributed by atoms with Gasteiger partial charge in [-0.2, -0.15) is 5.10 Å². The lowest BCUT2D eigenvalue weighted by Gasteiger charge is -2.02. The fraction of sp³-hybridized carbons (Fsp3) is 0.222. The fourth-order valence-electron chi connectivity index (χ4n) is 2.44. The SMILES string of the molecule is Cc1ccc(-c2cc(C(=O)NCC(=O)Nc3cc(C)on3)nn2C)cc1. The van der Waals surface area contributed by atoms with Crippen molar-refractivity contribution in [1.82, 2.24) is 20.3 Å². The van der Waals surface area contributed by atoms with Crippen LogP contribution in [0.2, 0.25) is 0 Å². The molecule has 26 heavy (non-hydrogen) atoms. The molecule has 0 aliphatic heterocycles. The second-order valence-electron chi connectivity index (χ2n) is 5.96. The molecule has 1 aromatic carbocycles. The molecule has 3 aromatic rings. The molecule has 2 N–H and O–H groups in total. The monoisotopic (exact) mass is 353 g/mol. The fourth-order valence-corrected chi connectivity index (χ4v) is 2.44. The van der Waals surface area contributed by atoms with Gasteiger partial charge in [0, 0.05) is 13.1 Å². The van der Waals surface area contributed by atoms with Gasteiger partial charge < -0.3 is 15.2 Å². The molecule has 0 radical (unpaired) electrons. The van der Waals surface area contributed by atoms with Crippen molar-refractivity contribution in [3.05, 3.63) is 53.4 Å². The number of benzene rings is 1. The summed E-state index contributed by atoms with van der Waals surface area (Å²) in [5.74, 6) is 0.0643. The molecule has 0 aliphatic carbocycles. The maximum atomic E-state index is 12.3. The summed E-state index contributed by atoms with van der Waals surface area (Å²) in [7, 11) is 1.77. The molecule has 8 heteroatoms. The van der Waals surface area contributed by atoms with Gasteiger partial charge in [-0.3, -0.25) is 14.3 Å². The van der Waals surface area contributed by atoms with Crippen LogP contribution in [0.5, 0.6) is 0 Å². The zero-order valence-electron chi connectivity index (χ0n) is 14.7. The molecule has 0 bridgehead atoms. The number of aryl methyl sites for hydroxylation is 3. The third-order valence-electron chi connectivity index (χ3n) is 3.76. The molecule has 2 amide bonds. The number of aromatic nitrogens is 3. The smallest absolute Gasteiger partial charge is 0.272 e. The molecule has 134 valence electrons. The summed E-state index contributed by atoms with van der Waals surface area (Å²) in [6.45, 7) is 3.54. The highest BCUT2D eigenvalue weighted by molar-refractivity contribution is 5.98. The zero-order chi connectivity index (χ0) is 18.7. The van der Waals surface area contributed by atoms with Gasteiger partial charge in [0.1, 0.15) is 5.76 Å². The predicted molar refractivity (Wildman–Crippen MR) is 95.6 cm³/mol. The van der Waals surface area contributed by atoms with Crippen LogP contribution in [-0.2, 0) is 11.8 Å². The average Bonchev–Trinajstić information content (AvgIpc) is 3.19. The lowest BCUT2D eigenvalue weighted by molar-refractivity contribution is -0.115. The van der Waals surface area contributed by atoms with E-state index >= 15 is 0 Å². The number of anilines is 1. The van der Waals surface area contributed by atoms with Gasteiger partial charge in [0.25, 0.3) is 5.91 Å². The maximum absolute atomic E-state index is 12.3. The van der Waals surface area contributed by atoms with Crippen molar-refractivity contribution >= 4 is 17.6 Å². The Balaban J connectivity index is 1.62. The van der Waals surface area contributed by atoms with Gasteiger partial charge >= 0.3 is 0 Å². The first kappa shape index (κ1) is 17.4. The van der Waals surface area contributed by atoms with Crippen LogP contribution in [-0.4, -0.2) is 33.3 Å². The zero-order valence-corrected chi connectivity index (χ0v) is 14.7. The Morgan fingerprint density at radius 1 is 1.15 bits per heavy atom. The van der Waals surface area contributed by atoms with Crippen LogP contribution in [0.15, 0.2) is 40.9 Å². The first-order valence-corrected chi connectivity index (χ1v) is 8.05. The summed E-state index contributed by atoms with van der Waals surface area (Å²) in [5, 5.41) is 13.0. The Labute approximate surface area is 150 Å². The molecule has 0 atom stereocenters. The Morgan fingerprint density at radius 2 is 1.88 bits per heavy atom. The quantitative estimate of drug-likeness (QED) is 0.731. The largest absolute Gasteiger partial charge is 0.360 e. The number of nitrogens with zero attached hydrogens (tertiary/aromatic N) is 3. The van der Waals surface area contributed by atoms with Crippen molar-refractivity contribution < 1.29 is 14.1 Å². The molecular formula is C18H19N5O3. The molecule has 0 spiro atoms. The van der Waals surface area contributed by atoms with E-state index in [0.29, 0.717) is 11.6 Å². The highest BCUT2D eigenvalue weighted by Crippen LogP contribution is 2.20. The topological polar surface area (TPSA) is 102 Å². The van der Waals surface area contributed by atoms with Crippen molar-refractivity contribution in [3.63, 3.8) is 0 Å². The number of rotatable bonds is 5. The van der Waals surface area contributed by atoms with Crippen molar-refractivity contribution in [2.75, 3.05) is 11.9 Å². The Bertz CT molecular complexity index is 940. The van der Waals surface area contributed by atoms with Crippen LogP contribution in [0.25, 0.3) is 11.3 Å². The van der Waals surface area contributed by atoms with E-state index in [1.807, 2.05) is 31.2 Å². The van der Waals surface area contributed by atoms with E-state index < -0.39 is 11.8 Å². The Kier molecular flexibility index (Phi) is 4.83. The first-order valence-electron chi connectivity index (χ1n) is 8.05. The van der Waals surface area contributed by atoms with Gasteiger partial charge in [-0.05, 0) is 25.5 Å². The van der Waals surface area contributed by atoms with Gasteiger partial charge in [-0.15, -0.1) is 0 Å². The number of carbonyl (C=O) groups is 2. The minimum absolute atomic E-state index is 0.193. The second-order valence-corrected chi connectivity index (χ2v) is 5.96. The van der Waals surface area contributed by atoms with Crippen molar-refractivity contribution in [2.24, 2.45) is 7.05 Å². The third-order valence-corrected chi connectivity index (χ3v) is 3.76. The van der Waals surface area contributed by atoms with Crippen LogP contribution in [0, 0.1) is 13.8 Å². The number of carbonyl (C=O) groups excluding carboxylic acids is 2. The summed E-state index contributed by atoms with van der Waals surface area (Å²) < 4.78 is 6.50. The standard InChI is InChI=1S/C18H19N5O3/c1-11-4-6-13(7-5-11)15-9-14(21-23(15)3)18(25)19-10-17(24)20-16-8-12(2)26-22-16/h4-9H,10H2,1-3H3,(H,19,25)(H,20,22,24). The van der Waals surface area contributed by atoms with Crippen LogP contribution < -0.4 is 10.6 Å². The summed E-state index contributed by atoms with van der Waals surface area (Å²) in [6, 6.07) is 11.2. The first-order chi connectivity index (χ1) is 12.4. The Hall–Kier alpha value is -3.42. The van der Waals surface area contributed by atoms with Crippen LogP contribution in [0.4, 0.5) is 5.82 Å². The second kappa shape index (κ2) is 7.22. The Morgan fingerprint density at radius 3 is 2.54 bits per heavy atom. The van der Waals surface area contributed by atoms with Crippen LogP contribution in [0.3, 0.4) is 0 Å². The molecule has 2 heterocycles. The van der Waals surface area contributed by atoms with E-state index in [4.69, 9.17) is 4.52 Å². The van der Waals surface area contributed by atoms with Crippen molar-refractivity contribution in [1.29, 1.82) is 0 Å². The van der Waals surface area contributed by atoms with E-state index in [2.05, 4.69) is 20.9 Å². The predicted octanol–water partition coefficient (Wildman–Crippen LogP) is 2.06. The van der Waals surface area contributed by atoms with Gasteiger partial charge in [0.2, 0.25) is 5.91 Å². The van der Waals surface area contributed by atoms with Crippen molar-refractivity contribution in [2.45, 2.75) is 13.8 Å². The third kappa shape index (κ3) is 3.97. The molecule has 0 unspecified atom stereocenters. The van der Waals surface area contributed by atoms with E-state index in [0.717, 1.165) is 16.8 Å². The lowest BCUT2D eigenvalue weighted by atomic mass is 10.1. The van der Waals surface area contributed by atoms with Gasteiger partial charge in [0.05, 0.1) is 12.2 Å². The van der Waals surface area contributed by atoms with Crippen LogP contribution in [0.1, 0.15) is 21.8 Å². The van der Waals surface area contributed by atoms with E-state index in [1.165, 1.54) is 0 Å². The summed E-state index contributed by atoms with van der Waals surface area (Å²) >= 11 is 0. The molecule has 0 saturated carbocycles. The highest BCUT2D eigenvalue weighted by atomic mass is 16.5. The van der Waals surface area contributed by atoms with Crippen LogP contribution >= 0.6 is 0 Å². The van der Waals surface area contributed by atoms with E-state index in [-0.39, 0.29) is 12.2 Å². The number of amides is 2. The molecule has 8 nitrogen and oxygen atoms in total. The molecule has 3 rings (SSSR count). The number of hydrogen-bond acceptors (Lipinski definition) is 5. The molecule has 0 saturated heterocycles. The summed E-state index contributed by atoms with van der Waals surface area (Å²) in [5.41, 5.74) is 3.18. The molecular weight excluding hydrogens is 334 g/mol. The highest BCUT2D eigenvalue weighted by Gasteiger charge is 2.15. The van der Waals surface area contributed by atoms with Crippen molar-refractivity contribution in [3.8, 4) is 11.3 Å². The molecule has 0 fully saturated rings. The number of nitrogens with one attached hydrogen (secondary N) is 2. The van der Waals surface area contributed by atoms with Gasteiger partial charge in [0.15, 0.2) is 11.5 Å². The molecule has 0 aliphatic rings. The minimum atomic E-state index is -0.426. The van der Waals surface area contributed by atoms with E-state index in [1.54, 1.807) is 30.8 Å². The molecule has 2 aromatic heterocycles. The lowest BCUT2D eigenvalue weighted by Crippen LogP contribution is -2.33. The maximum Gasteiger partial charge on any atom is 0.272 e. The van der Waals surface area contributed by atoms with E-state index in [9.17, 15) is 9.59 Å². The average molecular weight is 353 g/mol. The normalized spacial score (nSPS) is 10.6. The van der Waals surface area contributed by atoms with Gasteiger partial charge in [-0.25, -0.2) is 0 Å². The van der Waals surface area contributed by atoms with Gasteiger partial charge in [-0.1, -0.05) is 35.0 Å². The summed E-state index contributed by atoms with van der Waals surface area (Å²) in [6.07, 6.45) is 0. The number of hydrogen-bond donors (Lipinski definition) is 2. The summed E-state index contributed by atoms with van der Waals surface area (Å²) in [4.78, 5) is 24.1.